The van der Waals surface area contributed by atoms with Crippen molar-refractivity contribution in [3.05, 3.63) is 101 Å². The molecular formula is C39H49FN2O5. The van der Waals surface area contributed by atoms with Crippen molar-refractivity contribution in [2.75, 3.05) is 32.8 Å². The maximum atomic E-state index is 13.4. The monoisotopic (exact) mass is 644 g/mol. The standard InChI is InChI=1S/C39H49FN2O5/c1-5-45-37(43)32-12-8-28(9-13-32)7-6-22-41-23-20-29(21-24-41)26-42(38(44)47-39(2,3)4)36-25-35(36)31-14-18-34(19-15-31)46-27-30-10-16-33(40)17-11-30/h8-19,29,35-36H,5-7,20-27H2,1-4H3. The predicted molar refractivity (Wildman–Crippen MR) is 181 cm³/mol. The van der Waals surface area contributed by atoms with Crippen molar-refractivity contribution >= 4 is 12.1 Å². The van der Waals surface area contributed by atoms with Gasteiger partial charge >= 0.3 is 12.1 Å². The molecular weight excluding hydrogens is 595 g/mol. The van der Waals surface area contributed by atoms with Crippen molar-refractivity contribution in [2.45, 2.75) is 84.0 Å². The molecule has 1 amide bonds. The van der Waals surface area contributed by atoms with Gasteiger partial charge in [0.1, 0.15) is 23.8 Å². The van der Waals surface area contributed by atoms with Gasteiger partial charge in [0.2, 0.25) is 0 Å². The smallest absolute Gasteiger partial charge is 0.410 e. The summed E-state index contributed by atoms with van der Waals surface area (Å²) in [6, 6.07) is 22.3. The number of halogens is 1. The first kappa shape index (κ1) is 34.4. The van der Waals surface area contributed by atoms with Crippen molar-refractivity contribution in [3.63, 3.8) is 0 Å². The molecule has 0 spiro atoms. The maximum Gasteiger partial charge on any atom is 0.410 e. The molecule has 2 aliphatic rings. The number of benzene rings is 3. The molecule has 0 N–H and O–H groups in total. The van der Waals surface area contributed by atoms with E-state index in [-0.39, 0.29) is 29.8 Å². The number of hydrogen-bond donors (Lipinski definition) is 0. The van der Waals surface area contributed by atoms with Gasteiger partial charge in [-0.15, -0.1) is 0 Å². The average molecular weight is 645 g/mol. The fraction of sp³-hybridized carbons (Fsp3) is 0.487. The van der Waals surface area contributed by atoms with E-state index in [1.807, 2.05) is 69.0 Å². The second kappa shape index (κ2) is 15.8. The van der Waals surface area contributed by atoms with E-state index in [9.17, 15) is 14.0 Å². The summed E-state index contributed by atoms with van der Waals surface area (Å²) in [5.74, 6) is 0.951. The van der Waals surface area contributed by atoms with Crippen molar-refractivity contribution in [1.82, 2.24) is 9.80 Å². The number of hydrogen-bond acceptors (Lipinski definition) is 6. The Bertz CT molecular complexity index is 1440. The molecule has 5 rings (SSSR count). The number of carbonyl (C=O) groups excluding carboxylic acids is 2. The van der Waals surface area contributed by atoms with Crippen LogP contribution in [0.4, 0.5) is 9.18 Å². The summed E-state index contributed by atoms with van der Waals surface area (Å²) < 4.78 is 30.1. The highest BCUT2D eigenvalue weighted by Crippen LogP contribution is 2.46. The molecule has 47 heavy (non-hydrogen) atoms. The van der Waals surface area contributed by atoms with Crippen molar-refractivity contribution in [3.8, 4) is 5.75 Å². The van der Waals surface area contributed by atoms with Crippen LogP contribution in [0.5, 0.6) is 5.75 Å². The molecule has 3 aromatic carbocycles. The van der Waals surface area contributed by atoms with Gasteiger partial charge in [0.25, 0.3) is 0 Å². The van der Waals surface area contributed by atoms with Gasteiger partial charge in [-0.3, -0.25) is 0 Å². The molecule has 0 radical (unpaired) electrons. The predicted octanol–water partition coefficient (Wildman–Crippen LogP) is 8.02. The maximum absolute atomic E-state index is 13.4. The van der Waals surface area contributed by atoms with Crippen LogP contribution in [0, 0.1) is 11.7 Å². The van der Waals surface area contributed by atoms with Crippen LogP contribution in [0.15, 0.2) is 72.8 Å². The molecule has 2 atom stereocenters. The minimum absolute atomic E-state index is 0.129. The second-order valence-corrected chi connectivity index (χ2v) is 13.8. The molecule has 1 saturated carbocycles. The highest BCUT2D eigenvalue weighted by atomic mass is 19.1. The van der Waals surface area contributed by atoms with Crippen molar-refractivity contribution < 1.29 is 28.2 Å². The first-order valence-electron chi connectivity index (χ1n) is 17.0. The van der Waals surface area contributed by atoms with Gasteiger partial charge in [-0.25, -0.2) is 14.0 Å². The minimum Gasteiger partial charge on any atom is -0.489 e. The Morgan fingerprint density at radius 2 is 1.57 bits per heavy atom. The van der Waals surface area contributed by atoms with Crippen LogP contribution in [0.1, 0.15) is 86.3 Å². The number of esters is 1. The number of likely N-dealkylation sites (tertiary alicyclic amines) is 1. The lowest BCUT2D eigenvalue weighted by Gasteiger charge is -2.36. The molecule has 2 fully saturated rings. The van der Waals surface area contributed by atoms with Crippen LogP contribution >= 0.6 is 0 Å². The molecule has 0 bridgehead atoms. The van der Waals surface area contributed by atoms with Gasteiger partial charge in [0, 0.05) is 18.5 Å². The van der Waals surface area contributed by atoms with Crippen LogP contribution in [-0.2, 0) is 22.5 Å². The highest BCUT2D eigenvalue weighted by molar-refractivity contribution is 5.89. The average Bonchev–Trinajstić information content (AvgIpc) is 3.84. The van der Waals surface area contributed by atoms with E-state index in [1.54, 1.807) is 12.1 Å². The molecule has 252 valence electrons. The van der Waals surface area contributed by atoms with E-state index in [4.69, 9.17) is 14.2 Å². The van der Waals surface area contributed by atoms with Gasteiger partial charge in [-0.2, -0.15) is 0 Å². The largest absolute Gasteiger partial charge is 0.489 e. The SMILES string of the molecule is CCOC(=O)c1ccc(CCCN2CCC(CN(C(=O)OC(C)(C)C)C3CC3c3ccc(OCc4ccc(F)cc4)cc3)CC2)cc1. The Morgan fingerprint density at radius 1 is 0.915 bits per heavy atom. The summed E-state index contributed by atoms with van der Waals surface area (Å²) in [4.78, 5) is 29.9. The van der Waals surface area contributed by atoms with E-state index in [1.165, 1.54) is 23.3 Å². The lowest BCUT2D eigenvalue weighted by atomic mass is 9.95. The number of amides is 1. The molecule has 1 aliphatic heterocycles. The number of rotatable bonds is 13. The Balaban J connectivity index is 1.09. The van der Waals surface area contributed by atoms with E-state index in [0.717, 1.165) is 69.6 Å². The van der Waals surface area contributed by atoms with E-state index in [0.29, 0.717) is 24.7 Å². The van der Waals surface area contributed by atoms with Crippen LogP contribution < -0.4 is 4.74 Å². The van der Waals surface area contributed by atoms with Crippen LogP contribution in [0.2, 0.25) is 0 Å². The van der Waals surface area contributed by atoms with Crippen molar-refractivity contribution in [2.24, 2.45) is 5.92 Å². The Morgan fingerprint density at radius 3 is 2.21 bits per heavy atom. The zero-order valence-corrected chi connectivity index (χ0v) is 28.3. The Hall–Kier alpha value is -3.91. The molecule has 1 saturated heterocycles. The fourth-order valence-corrected chi connectivity index (χ4v) is 6.31. The first-order chi connectivity index (χ1) is 22.6. The van der Waals surface area contributed by atoms with Crippen LogP contribution in [-0.4, -0.2) is 66.3 Å². The lowest BCUT2D eigenvalue weighted by molar-refractivity contribution is 0.0171. The third kappa shape index (κ3) is 10.3. The summed E-state index contributed by atoms with van der Waals surface area (Å²) in [6.07, 6.45) is 4.86. The third-order valence-electron chi connectivity index (χ3n) is 8.98. The molecule has 2 unspecified atom stereocenters. The summed E-state index contributed by atoms with van der Waals surface area (Å²) in [6.45, 7) is 12.2. The molecule has 7 nitrogen and oxygen atoms in total. The number of piperidine rings is 1. The summed E-state index contributed by atoms with van der Waals surface area (Å²) in [7, 11) is 0. The summed E-state index contributed by atoms with van der Waals surface area (Å²) in [5.41, 5.74) is 3.38. The summed E-state index contributed by atoms with van der Waals surface area (Å²) >= 11 is 0. The lowest BCUT2D eigenvalue weighted by Crippen LogP contribution is -2.44. The number of ether oxygens (including phenoxy) is 3. The number of aryl methyl sites for hydroxylation is 1. The molecule has 8 heteroatoms. The van der Waals surface area contributed by atoms with E-state index >= 15 is 0 Å². The zero-order valence-electron chi connectivity index (χ0n) is 28.3. The van der Waals surface area contributed by atoms with Gasteiger partial charge < -0.3 is 24.0 Å². The van der Waals surface area contributed by atoms with E-state index < -0.39 is 5.60 Å². The Labute approximate surface area is 279 Å². The van der Waals surface area contributed by atoms with E-state index in [2.05, 4.69) is 17.0 Å². The van der Waals surface area contributed by atoms with Gasteiger partial charge in [0.05, 0.1) is 12.2 Å². The third-order valence-corrected chi connectivity index (χ3v) is 8.98. The number of carbonyl (C=O) groups is 2. The van der Waals surface area contributed by atoms with Gasteiger partial charge in [-0.05, 0) is 138 Å². The quantitative estimate of drug-likeness (QED) is 0.176. The zero-order chi connectivity index (χ0) is 33.4. The summed E-state index contributed by atoms with van der Waals surface area (Å²) in [5, 5.41) is 0. The Kier molecular flexibility index (Phi) is 11.6. The van der Waals surface area contributed by atoms with Gasteiger partial charge in [0.15, 0.2) is 0 Å². The highest BCUT2D eigenvalue weighted by Gasteiger charge is 2.46. The van der Waals surface area contributed by atoms with Gasteiger partial charge in [-0.1, -0.05) is 36.4 Å². The minimum atomic E-state index is -0.550. The molecule has 1 heterocycles. The second-order valence-electron chi connectivity index (χ2n) is 13.8. The molecule has 3 aromatic rings. The van der Waals surface area contributed by atoms with Crippen LogP contribution in [0.3, 0.4) is 0 Å². The number of nitrogens with zero attached hydrogens (tertiary/aromatic N) is 2. The topological polar surface area (TPSA) is 68.3 Å². The first-order valence-corrected chi connectivity index (χ1v) is 17.0. The molecule has 1 aliphatic carbocycles. The fourth-order valence-electron chi connectivity index (χ4n) is 6.31. The van der Waals surface area contributed by atoms with Crippen molar-refractivity contribution in [1.29, 1.82) is 0 Å². The molecule has 0 aromatic heterocycles. The van der Waals surface area contributed by atoms with Crippen LogP contribution in [0.25, 0.3) is 0 Å². The normalized spacial score (nSPS) is 18.4.